The lowest BCUT2D eigenvalue weighted by Gasteiger charge is -2.13. The van der Waals surface area contributed by atoms with Crippen molar-refractivity contribution < 1.29 is 5.11 Å². The first-order valence-corrected chi connectivity index (χ1v) is 4.78. The van der Waals surface area contributed by atoms with E-state index in [0.29, 0.717) is 0 Å². The molecule has 0 saturated heterocycles. The van der Waals surface area contributed by atoms with Crippen molar-refractivity contribution in [2.24, 2.45) is 7.05 Å². The van der Waals surface area contributed by atoms with E-state index in [1.807, 2.05) is 0 Å². The molecular formula is C10H13N3O3. The monoisotopic (exact) mass is 223 g/mol. The van der Waals surface area contributed by atoms with E-state index in [1.54, 1.807) is 6.07 Å². The fourth-order valence-electron chi connectivity index (χ4n) is 1.48. The zero-order valence-electron chi connectivity index (χ0n) is 9.39. The predicted molar refractivity (Wildman–Crippen MR) is 57.1 cm³/mol. The second-order valence-electron chi connectivity index (χ2n) is 3.68. The third-order valence-electron chi connectivity index (χ3n) is 2.36. The molecule has 1 N–H and O–H groups in total. The van der Waals surface area contributed by atoms with E-state index in [-0.39, 0.29) is 17.8 Å². The zero-order chi connectivity index (χ0) is 12.5. The van der Waals surface area contributed by atoms with E-state index in [0.717, 1.165) is 4.57 Å². The number of rotatable bonds is 2. The number of aliphatic hydroxyl groups is 1. The number of aliphatic hydroxyl groups excluding tert-OH is 1. The van der Waals surface area contributed by atoms with Crippen molar-refractivity contribution >= 4 is 0 Å². The Morgan fingerprint density at radius 3 is 2.50 bits per heavy atom. The van der Waals surface area contributed by atoms with Crippen molar-refractivity contribution in [2.75, 3.05) is 0 Å². The van der Waals surface area contributed by atoms with Crippen molar-refractivity contribution in [1.82, 2.24) is 9.13 Å². The van der Waals surface area contributed by atoms with Crippen molar-refractivity contribution in [3.8, 4) is 6.07 Å². The summed E-state index contributed by atoms with van der Waals surface area (Å²) in [5.41, 5.74) is -0.909. The Morgan fingerprint density at radius 2 is 2.06 bits per heavy atom. The van der Waals surface area contributed by atoms with Crippen LogP contribution in [0.2, 0.25) is 0 Å². The van der Waals surface area contributed by atoms with Gasteiger partial charge >= 0.3 is 5.69 Å². The minimum Gasteiger partial charge on any atom is -0.392 e. The van der Waals surface area contributed by atoms with Gasteiger partial charge < -0.3 is 5.11 Å². The number of nitrogens with zero attached hydrogens (tertiary/aromatic N) is 3. The van der Waals surface area contributed by atoms with Crippen LogP contribution in [0, 0.1) is 18.3 Å². The number of aromatic nitrogens is 2. The standard InChI is InChI=1S/C10H13N3O3/c1-6(14)5-13-7(2)8(4-11)9(15)12(3)10(13)16/h6,14H,5H2,1-3H3. The Kier molecular flexibility index (Phi) is 3.30. The summed E-state index contributed by atoms with van der Waals surface area (Å²) in [6.07, 6.45) is -0.722. The van der Waals surface area contributed by atoms with Gasteiger partial charge in [0.2, 0.25) is 0 Å². The quantitative estimate of drug-likeness (QED) is 0.704. The third kappa shape index (κ3) is 1.90. The molecule has 0 aliphatic carbocycles. The van der Waals surface area contributed by atoms with Crippen molar-refractivity contribution in [3.05, 3.63) is 32.1 Å². The Hall–Kier alpha value is -1.87. The van der Waals surface area contributed by atoms with Crippen LogP contribution in [0.4, 0.5) is 0 Å². The molecule has 1 unspecified atom stereocenters. The summed E-state index contributed by atoms with van der Waals surface area (Å²) in [5, 5.41) is 18.1. The molecular weight excluding hydrogens is 210 g/mol. The Morgan fingerprint density at radius 1 is 1.50 bits per heavy atom. The summed E-state index contributed by atoms with van der Waals surface area (Å²) < 4.78 is 2.10. The van der Waals surface area contributed by atoms with Crippen LogP contribution in [0.25, 0.3) is 0 Å². The second kappa shape index (κ2) is 4.33. The summed E-state index contributed by atoms with van der Waals surface area (Å²) in [4.78, 5) is 23.3. The molecule has 0 bridgehead atoms. The normalized spacial score (nSPS) is 12.2. The zero-order valence-corrected chi connectivity index (χ0v) is 9.39. The van der Waals surface area contributed by atoms with Crippen LogP contribution < -0.4 is 11.2 Å². The highest BCUT2D eigenvalue weighted by atomic mass is 16.3. The van der Waals surface area contributed by atoms with E-state index in [9.17, 15) is 14.7 Å². The predicted octanol–water partition coefficient (Wildman–Crippen LogP) is -0.892. The van der Waals surface area contributed by atoms with E-state index >= 15 is 0 Å². The molecule has 0 spiro atoms. The van der Waals surface area contributed by atoms with Crippen LogP contribution in [-0.4, -0.2) is 20.3 Å². The molecule has 1 rings (SSSR count). The van der Waals surface area contributed by atoms with E-state index in [1.165, 1.54) is 25.5 Å². The SMILES string of the molecule is Cc1c(C#N)c(=O)n(C)c(=O)n1CC(C)O. The van der Waals surface area contributed by atoms with Gasteiger partial charge in [-0.2, -0.15) is 5.26 Å². The molecule has 0 fully saturated rings. The Bertz CT molecular complexity index is 560. The molecule has 0 aliphatic heterocycles. The maximum atomic E-state index is 11.7. The Balaban J connectivity index is 3.64. The highest BCUT2D eigenvalue weighted by Gasteiger charge is 2.14. The van der Waals surface area contributed by atoms with Gasteiger partial charge in [-0.15, -0.1) is 0 Å². The van der Waals surface area contributed by atoms with Gasteiger partial charge in [-0.1, -0.05) is 0 Å². The summed E-state index contributed by atoms with van der Waals surface area (Å²) in [7, 11) is 1.31. The summed E-state index contributed by atoms with van der Waals surface area (Å²) in [6, 6.07) is 1.77. The van der Waals surface area contributed by atoms with Crippen LogP contribution in [0.15, 0.2) is 9.59 Å². The van der Waals surface area contributed by atoms with Crippen LogP contribution in [0.5, 0.6) is 0 Å². The lowest BCUT2D eigenvalue weighted by Crippen LogP contribution is -2.42. The van der Waals surface area contributed by atoms with E-state index in [4.69, 9.17) is 5.26 Å². The van der Waals surface area contributed by atoms with Crippen molar-refractivity contribution in [1.29, 1.82) is 5.26 Å². The highest BCUT2D eigenvalue weighted by molar-refractivity contribution is 5.30. The van der Waals surface area contributed by atoms with Gasteiger partial charge in [0, 0.05) is 12.7 Å². The smallest absolute Gasteiger partial charge is 0.331 e. The second-order valence-corrected chi connectivity index (χ2v) is 3.68. The first kappa shape index (κ1) is 12.2. The van der Waals surface area contributed by atoms with Crippen molar-refractivity contribution in [2.45, 2.75) is 26.5 Å². The van der Waals surface area contributed by atoms with Crippen LogP contribution in [0.1, 0.15) is 18.2 Å². The molecule has 1 aromatic heterocycles. The molecule has 1 heterocycles. The molecule has 0 radical (unpaired) electrons. The van der Waals surface area contributed by atoms with Gasteiger partial charge in [-0.3, -0.25) is 13.9 Å². The number of hydrogen-bond acceptors (Lipinski definition) is 4. The molecule has 0 amide bonds. The molecule has 0 aliphatic rings. The maximum Gasteiger partial charge on any atom is 0.331 e. The van der Waals surface area contributed by atoms with Gasteiger partial charge in [0.1, 0.15) is 11.6 Å². The molecule has 6 nitrogen and oxygen atoms in total. The fraction of sp³-hybridized carbons (Fsp3) is 0.500. The van der Waals surface area contributed by atoms with Gasteiger partial charge in [-0.25, -0.2) is 4.79 Å². The van der Waals surface area contributed by atoms with Gasteiger partial charge in [0.25, 0.3) is 5.56 Å². The van der Waals surface area contributed by atoms with Gasteiger partial charge in [0.05, 0.1) is 12.6 Å². The first-order chi connectivity index (χ1) is 7.40. The molecule has 0 aromatic carbocycles. The van der Waals surface area contributed by atoms with Crippen LogP contribution >= 0.6 is 0 Å². The fourth-order valence-corrected chi connectivity index (χ4v) is 1.48. The lowest BCUT2D eigenvalue weighted by molar-refractivity contribution is 0.169. The molecule has 0 saturated carbocycles. The highest BCUT2D eigenvalue weighted by Crippen LogP contribution is 1.99. The average Bonchev–Trinajstić information content (AvgIpc) is 2.22. The van der Waals surface area contributed by atoms with Gasteiger partial charge in [0.15, 0.2) is 0 Å². The minimum atomic E-state index is -0.722. The van der Waals surface area contributed by atoms with Crippen LogP contribution in [-0.2, 0) is 13.6 Å². The summed E-state index contributed by atoms with van der Waals surface area (Å²) >= 11 is 0. The molecule has 16 heavy (non-hydrogen) atoms. The Labute approximate surface area is 92.0 Å². The number of nitriles is 1. The van der Waals surface area contributed by atoms with E-state index in [2.05, 4.69) is 0 Å². The molecule has 1 aromatic rings. The summed E-state index contributed by atoms with van der Waals surface area (Å²) in [5.74, 6) is 0. The molecule has 86 valence electrons. The molecule has 6 heteroatoms. The maximum absolute atomic E-state index is 11.7. The van der Waals surface area contributed by atoms with E-state index < -0.39 is 17.4 Å². The van der Waals surface area contributed by atoms with Crippen molar-refractivity contribution in [3.63, 3.8) is 0 Å². The largest absolute Gasteiger partial charge is 0.392 e. The first-order valence-electron chi connectivity index (χ1n) is 4.78. The van der Waals surface area contributed by atoms with Gasteiger partial charge in [-0.05, 0) is 13.8 Å². The van der Waals surface area contributed by atoms with Crippen LogP contribution in [0.3, 0.4) is 0 Å². The summed E-state index contributed by atoms with van der Waals surface area (Å²) in [6.45, 7) is 3.11. The number of hydrogen-bond donors (Lipinski definition) is 1. The topological polar surface area (TPSA) is 88.0 Å². The average molecular weight is 223 g/mol. The molecule has 1 atom stereocenters. The lowest BCUT2D eigenvalue weighted by atomic mass is 10.2. The minimum absolute atomic E-state index is 0.0630. The third-order valence-corrected chi connectivity index (χ3v) is 2.36.